The number of piperazine rings is 1. The van der Waals surface area contributed by atoms with E-state index >= 15 is 0 Å². The number of urea groups is 1. The molecule has 1 N–H and O–H groups in total. The molecule has 0 aliphatic carbocycles. The van der Waals surface area contributed by atoms with Crippen molar-refractivity contribution >= 4 is 35.1 Å². The first-order valence-corrected chi connectivity index (χ1v) is 10.6. The summed E-state index contributed by atoms with van der Waals surface area (Å²) in [6.45, 7) is 3.61. The van der Waals surface area contributed by atoms with E-state index in [9.17, 15) is 4.79 Å². The maximum absolute atomic E-state index is 12.4. The number of carbonyl (C=O) groups excluding carboxylic acids is 1. The minimum atomic E-state index is -0.186. The number of amides is 2. The van der Waals surface area contributed by atoms with Crippen molar-refractivity contribution in [2.45, 2.75) is 6.54 Å². The molecule has 0 bridgehead atoms. The van der Waals surface area contributed by atoms with Crippen molar-refractivity contribution in [3.05, 3.63) is 76.4 Å². The van der Waals surface area contributed by atoms with E-state index in [0.29, 0.717) is 23.9 Å². The van der Waals surface area contributed by atoms with Gasteiger partial charge in [-0.15, -0.1) is 10.2 Å². The van der Waals surface area contributed by atoms with Crippen LogP contribution in [-0.4, -0.2) is 52.2 Å². The van der Waals surface area contributed by atoms with Crippen LogP contribution in [0.1, 0.15) is 5.56 Å². The van der Waals surface area contributed by atoms with Gasteiger partial charge in [0.15, 0.2) is 11.0 Å². The highest BCUT2D eigenvalue weighted by atomic mass is 35.5. The minimum Gasteiger partial charge on any atom is -0.457 e. The van der Waals surface area contributed by atoms with Crippen LogP contribution < -0.4 is 10.1 Å². The third-order valence-electron chi connectivity index (χ3n) is 4.88. The van der Waals surface area contributed by atoms with E-state index in [1.807, 2.05) is 30.3 Å². The molecular formula is C22H21Cl2N5O2. The molecule has 1 fully saturated rings. The molecule has 31 heavy (non-hydrogen) atoms. The average molecular weight is 458 g/mol. The number of halogens is 2. The number of nitrogens with zero attached hydrogens (tertiary/aromatic N) is 4. The van der Waals surface area contributed by atoms with Gasteiger partial charge in [-0.05, 0) is 54.1 Å². The summed E-state index contributed by atoms with van der Waals surface area (Å²) in [5.74, 6) is 1.91. The molecule has 0 radical (unpaired) electrons. The van der Waals surface area contributed by atoms with Gasteiger partial charge in [-0.25, -0.2) is 4.79 Å². The molecule has 4 rings (SSSR count). The Balaban J connectivity index is 1.28. The predicted octanol–water partition coefficient (Wildman–Crippen LogP) is 4.93. The zero-order chi connectivity index (χ0) is 21.6. The molecule has 160 valence electrons. The van der Waals surface area contributed by atoms with E-state index in [-0.39, 0.29) is 11.2 Å². The SMILES string of the molecule is O=C(Nc1ccc(Cl)nn1)N1CCN(Cc2cccc(Oc3ccc(Cl)cc3)c2)CC1. The lowest BCUT2D eigenvalue weighted by Crippen LogP contribution is -2.49. The number of ether oxygens (including phenoxy) is 1. The van der Waals surface area contributed by atoms with Crippen LogP contribution in [0.2, 0.25) is 10.2 Å². The largest absolute Gasteiger partial charge is 0.457 e. The summed E-state index contributed by atoms with van der Waals surface area (Å²) >= 11 is 11.6. The minimum absolute atomic E-state index is 0.186. The lowest BCUT2D eigenvalue weighted by molar-refractivity contribution is 0.143. The van der Waals surface area contributed by atoms with Crippen LogP contribution in [0.5, 0.6) is 11.5 Å². The molecule has 1 aromatic heterocycles. The molecule has 7 nitrogen and oxygen atoms in total. The van der Waals surface area contributed by atoms with Crippen LogP contribution in [0, 0.1) is 0 Å². The van der Waals surface area contributed by atoms with Crippen molar-refractivity contribution in [2.24, 2.45) is 0 Å². The normalized spacial score (nSPS) is 14.3. The predicted molar refractivity (Wildman–Crippen MR) is 121 cm³/mol. The van der Waals surface area contributed by atoms with Gasteiger partial charge in [-0.3, -0.25) is 10.2 Å². The third kappa shape index (κ3) is 6.07. The lowest BCUT2D eigenvalue weighted by atomic mass is 10.2. The number of carbonyl (C=O) groups is 1. The lowest BCUT2D eigenvalue weighted by Gasteiger charge is -2.34. The van der Waals surface area contributed by atoms with Crippen molar-refractivity contribution in [3.63, 3.8) is 0 Å². The van der Waals surface area contributed by atoms with Gasteiger partial charge in [0.05, 0.1) is 0 Å². The average Bonchev–Trinajstić information content (AvgIpc) is 2.78. The molecule has 0 spiro atoms. The standard InChI is InChI=1S/C22H21Cl2N5O2/c23-17-4-6-18(7-5-17)31-19-3-1-2-16(14-19)15-28-10-12-29(13-11-28)22(30)25-21-9-8-20(24)26-27-21/h1-9,14H,10-13,15H2,(H,25,27,30). The number of hydrogen-bond acceptors (Lipinski definition) is 5. The highest BCUT2D eigenvalue weighted by Crippen LogP contribution is 2.24. The van der Waals surface area contributed by atoms with Gasteiger partial charge in [-0.2, -0.15) is 0 Å². The first-order chi connectivity index (χ1) is 15.0. The number of anilines is 1. The topological polar surface area (TPSA) is 70.6 Å². The van der Waals surface area contributed by atoms with Crippen molar-refractivity contribution in [1.82, 2.24) is 20.0 Å². The smallest absolute Gasteiger partial charge is 0.323 e. The van der Waals surface area contributed by atoms with Gasteiger partial charge in [0.2, 0.25) is 0 Å². The number of rotatable bonds is 5. The zero-order valence-electron chi connectivity index (χ0n) is 16.7. The van der Waals surface area contributed by atoms with E-state index in [1.165, 1.54) is 0 Å². The fraction of sp³-hybridized carbons (Fsp3) is 0.227. The second-order valence-electron chi connectivity index (χ2n) is 7.14. The molecule has 1 saturated heterocycles. The van der Waals surface area contributed by atoms with Crippen molar-refractivity contribution in [3.8, 4) is 11.5 Å². The summed E-state index contributed by atoms with van der Waals surface area (Å²) in [6.07, 6.45) is 0. The Labute approximate surface area is 190 Å². The number of benzene rings is 2. The Bertz CT molecular complexity index is 1020. The monoisotopic (exact) mass is 457 g/mol. The molecule has 1 aliphatic rings. The molecule has 3 aromatic rings. The molecular weight excluding hydrogens is 437 g/mol. The molecule has 0 saturated carbocycles. The second kappa shape index (κ2) is 9.96. The van der Waals surface area contributed by atoms with Gasteiger partial charge in [-0.1, -0.05) is 35.3 Å². The third-order valence-corrected chi connectivity index (χ3v) is 5.33. The molecule has 2 heterocycles. The van der Waals surface area contributed by atoms with E-state index in [0.717, 1.165) is 36.7 Å². The molecule has 2 aromatic carbocycles. The molecule has 0 unspecified atom stereocenters. The Morgan fingerprint density at radius 1 is 0.935 bits per heavy atom. The van der Waals surface area contributed by atoms with E-state index < -0.39 is 0 Å². The summed E-state index contributed by atoms with van der Waals surface area (Å²) in [7, 11) is 0. The quantitative estimate of drug-likeness (QED) is 0.588. The highest BCUT2D eigenvalue weighted by Gasteiger charge is 2.21. The summed E-state index contributed by atoms with van der Waals surface area (Å²) in [5, 5.41) is 11.3. The van der Waals surface area contributed by atoms with Crippen LogP contribution in [0.25, 0.3) is 0 Å². The summed E-state index contributed by atoms with van der Waals surface area (Å²) in [5.41, 5.74) is 1.15. The van der Waals surface area contributed by atoms with Crippen LogP contribution in [-0.2, 0) is 6.54 Å². The van der Waals surface area contributed by atoms with Crippen molar-refractivity contribution in [2.75, 3.05) is 31.5 Å². The van der Waals surface area contributed by atoms with Gasteiger partial charge < -0.3 is 9.64 Å². The molecule has 0 atom stereocenters. The summed E-state index contributed by atoms with van der Waals surface area (Å²) < 4.78 is 5.92. The van der Waals surface area contributed by atoms with E-state index in [2.05, 4.69) is 26.5 Å². The van der Waals surface area contributed by atoms with Gasteiger partial charge in [0, 0.05) is 37.7 Å². The Morgan fingerprint density at radius 2 is 1.71 bits per heavy atom. The van der Waals surface area contributed by atoms with E-state index in [4.69, 9.17) is 27.9 Å². The molecule has 9 heteroatoms. The second-order valence-corrected chi connectivity index (χ2v) is 7.96. The Morgan fingerprint density at radius 3 is 2.42 bits per heavy atom. The van der Waals surface area contributed by atoms with Gasteiger partial charge >= 0.3 is 6.03 Å². The maximum atomic E-state index is 12.4. The number of hydrogen-bond donors (Lipinski definition) is 1. The number of nitrogens with one attached hydrogen (secondary N) is 1. The van der Waals surface area contributed by atoms with Gasteiger partial charge in [0.1, 0.15) is 11.5 Å². The van der Waals surface area contributed by atoms with Gasteiger partial charge in [0.25, 0.3) is 0 Å². The Kier molecular flexibility index (Phi) is 6.86. The van der Waals surface area contributed by atoms with Crippen LogP contribution >= 0.6 is 23.2 Å². The zero-order valence-corrected chi connectivity index (χ0v) is 18.2. The first-order valence-electron chi connectivity index (χ1n) is 9.85. The van der Waals surface area contributed by atoms with Crippen LogP contribution in [0.3, 0.4) is 0 Å². The Hall–Kier alpha value is -2.87. The van der Waals surface area contributed by atoms with E-state index in [1.54, 1.807) is 29.2 Å². The van der Waals surface area contributed by atoms with Crippen molar-refractivity contribution in [1.29, 1.82) is 0 Å². The molecule has 2 amide bonds. The van der Waals surface area contributed by atoms with Crippen LogP contribution in [0.4, 0.5) is 10.6 Å². The summed E-state index contributed by atoms with van der Waals surface area (Å²) in [6, 6.07) is 18.3. The maximum Gasteiger partial charge on any atom is 0.323 e. The summed E-state index contributed by atoms with van der Waals surface area (Å²) in [4.78, 5) is 16.5. The fourth-order valence-electron chi connectivity index (χ4n) is 3.28. The van der Waals surface area contributed by atoms with Crippen molar-refractivity contribution < 1.29 is 9.53 Å². The highest BCUT2D eigenvalue weighted by molar-refractivity contribution is 6.30. The number of aromatic nitrogens is 2. The fourth-order valence-corrected chi connectivity index (χ4v) is 3.51. The first kappa shape index (κ1) is 21.4. The molecule has 1 aliphatic heterocycles. The van der Waals surface area contributed by atoms with Crippen LogP contribution in [0.15, 0.2) is 60.7 Å².